The van der Waals surface area contributed by atoms with Gasteiger partial charge in [0.05, 0.1) is 10.6 Å². The highest BCUT2D eigenvalue weighted by atomic mass is 35.5. The third kappa shape index (κ3) is 2.77. The van der Waals surface area contributed by atoms with Gasteiger partial charge < -0.3 is 0 Å². The minimum Gasteiger partial charge on any atom is -0.294 e. The molecule has 0 unspecified atom stereocenters. The number of halogens is 2. The first-order chi connectivity index (χ1) is 8.58. The molecule has 18 heavy (non-hydrogen) atoms. The standard InChI is InChI=1S/C15H12ClFO/c1-10-4-2-5-11(8-10)9-14(18)12-6-3-7-13(16)15(12)17/h2-8H,9H2,1H3. The van der Waals surface area contributed by atoms with Crippen molar-refractivity contribution in [3.63, 3.8) is 0 Å². The van der Waals surface area contributed by atoms with Gasteiger partial charge in [-0.3, -0.25) is 4.79 Å². The first kappa shape index (κ1) is 12.8. The Balaban J connectivity index is 2.25. The molecule has 0 aliphatic heterocycles. The number of Topliss-reactive ketones (excluding diaryl/α,β-unsaturated/α-hetero) is 1. The van der Waals surface area contributed by atoms with E-state index in [1.165, 1.54) is 12.1 Å². The van der Waals surface area contributed by atoms with Crippen molar-refractivity contribution >= 4 is 17.4 Å². The fourth-order valence-electron chi connectivity index (χ4n) is 1.82. The maximum absolute atomic E-state index is 13.7. The molecule has 0 heterocycles. The molecule has 0 bridgehead atoms. The quantitative estimate of drug-likeness (QED) is 0.757. The summed E-state index contributed by atoms with van der Waals surface area (Å²) in [5.74, 6) is -0.905. The largest absolute Gasteiger partial charge is 0.294 e. The van der Waals surface area contributed by atoms with Gasteiger partial charge in [0.2, 0.25) is 0 Å². The second-order valence-corrected chi connectivity index (χ2v) is 4.60. The molecule has 0 saturated carbocycles. The Morgan fingerprint density at radius 2 is 1.94 bits per heavy atom. The Hall–Kier alpha value is -1.67. The molecule has 0 saturated heterocycles. The third-order valence-electron chi connectivity index (χ3n) is 2.70. The van der Waals surface area contributed by atoms with Crippen LogP contribution in [0.3, 0.4) is 0 Å². The summed E-state index contributed by atoms with van der Waals surface area (Å²) in [4.78, 5) is 12.0. The number of benzene rings is 2. The Kier molecular flexibility index (Phi) is 3.78. The number of carbonyl (C=O) groups excluding carboxylic acids is 1. The predicted molar refractivity (Wildman–Crippen MR) is 70.6 cm³/mol. The van der Waals surface area contributed by atoms with Crippen LogP contribution in [0.2, 0.25) is 5.02 Å². The highest BCUT2D eigenvalue weighted by Gasteiger charge is 2.14. The van der Waals surface area contributed by atoms with Crippen LogP contribution in [0.15, 0.2) is 42.5 Å². The van der Waals surface area contributed by atoms with Crippen molar-refractivity contribution in [2.75, 3.05) is 0 Å². The zero-order valence-corrected chi connectivity index (χ0v) is 10.7. The number of hydrogen-bond donors (Lipinski definition) is 0. The van der Waals surface area contributed by atoms with Gasteiger partial charge in [0, 0.05) is 6.42 Å². The van der Waals surface area contributed by atoms with Crippen LogP contribution in [0.4, 0.5) is 4.39 Å². The van der Waals surface area contributed by atoms with Crippen LogP contribution in [0.1, 0.15) is 21.5 Å². The summed E-state index contributed by atoms with van der Waals surface area (Å²) in [6, 6.07) is 12.1. The first-order valence-corrected chi connectivity index (χ1v) is 5.98. The second-order valence-electron chi connectivity index (χ2n) is 4.19. The number of rotatable bonds is 3. The summed E-state index contributed by atoms with van der Waals surface area (Å²) in [7, 11) is 0. The van der Waals surface area contributed by atoms with Crippen molar-refractivity contribution in [3.8, 4) is 0 Å². The van der Waals surface area contributed by atoms with Gasteiger partial charge in [-0.05, 0) is 24.6 Å². The van der Waals surface area contributed by atoms with Crippen LogP contribution in [-0.4, -0.2) is 5.78 Å². The van der Waals surface area contributed by atoms with Gasteiger partial charge >= 0.3 is 0 Å². The van der Waals surface area contributed by atoms with Crippen LogP contribution in [0.25, 0.3) is 0 Å². The average molecular weight is 263 g/mol. The van der Waals surface area contributed by atoms with Crippen molar-refractivity contribution in [3.05, 3.63) is 70.0 Å². The normalized spacial score (nSPS) is 10.4. The van der Waals surface area contributed by atoms with E-state index in [1.54, 1.807) is 6.07 Å². The van der Waals surface area contributed by atoms with E-state index in [0.29, 0.717) is 0 Å². The van der Waals surface area contributed by atoms with E-state index in [0.717, 1.165) is 11.1 Å². The molecule has 0 N–H and O–H groups in total. The summed E-state index contributed by atoms with van der Waals surface area (Å²) >= 11 is 5.66. The number of carbonyl (C=O) groups is 1. The van der Waals surface area contributed by atoms with E-state index >= 15 is 0 Å². The first-order valence-electron chi connectivity index (χ1n) is 5.60. The maximum Gasteiger partial charge on any atom is 0.170 e. The zero-order valence-electron chi connectivity index (χ0n) is 9.91. The van der Waals surface area contributed by atoms with Crippen molar-refractivity contribution in [1.29, 1.82) is 0 Å². The molecule has 2 aromatic carbocycles. The summed E-state index contributed by atoms with van der Waals surface area (Å²) in [5.41, 5.74) is 2.00. The van der Waals surface area contributed by atoms with Crippen LogP contribution < -0.4 is 0 Å². The van der Waals surface area contributed by atoms with E-state index in [2.05, 4.69) is 0 Å². The maximum atomic E-state index is 13.7. The fourth-order valence-corrected chi connectivity index (χ4v) is 2.00. The van der Waals surface area contributed by atoms with Gasteiger partial charge in [-0.2, -0.15) is 0 Å². The topological polar surface area (TPSA) is 17.1 Å². The molecular formula is C15H12ClFO. The molecule has 0 spiro atoms. The lowest BCUT2D eigenvalue weighted by molar-refractivity contribution is 0.0989. The van der Waals surface area contributed by atoms with Crippen molar-refractivity contribution in [1.82, 2.24) is 0 Å². The number of hydrogen-bond acceptors (Lipinski definition) is 1. The smallest absolute Gasteiger partial charge is 0.170 e. The fraction of sp³-hybridized carbons (Fsp3) is 0.133. The Morgan fingerprint density at radius 3 is 2.67 bits per heavy atom. The SMILES string of the molecule is Cc1cccc(CC(=O)c2cccc(Cl)c2F)c1. The summed E-state index contributed by atoms with van der Waals surface area (Å²) in [6.07, 6.45) is 0.180. The molecule has 0 atom stereocenters. The molecule has 1 nitrogen and oxygen atoms in total. The minimum atomic E-state index is -0.642. The molecule has 0 radical (unpaired) electrons. The highest BCUT2D eigenvalue weighted by Crippen LogP contribution is 2.19. The van der Waals surface area contributed by atoms with Crippen LogP contribution in [-0.2, 0) is 6.42 Å². The monoisotopic (exact) mass is 262 g/mol. The summed E-state index contributed by atoms with van der Waals surface area (Å²) in [5, 5.41) is -0.0231. The molecular weight excluding hydrogens is 251 g/mol. The predicted octanol–water partition coefficient (Wildman–Crippen LogP) is 4.21. The van der Waals surface area contributed by atoms with E-state index in [-0.39, 0.29) is 22.8 Å². The lowest BCUT2D eigenvalue weighted by Crippen LogP contribution is -2.06. The Labute approximate surface area is 110 Å². The van der Waals surface area contributed by atoms with Gasteiger partial charge in [0.1, 0.15) is 0 Å². The van der Waals surface area contributed by atoms with Gasteiger partial charge in [0.25, 0.3) is 0 Å². The minimum absolute atomic E-state index is 0.0231. The summed E-state index contributed by atoms with van der Waals surface area (Å²) in [6.45, 7) is 1.95. The molecule has 0 aromatic heterocycles. The molecule has 0 aliphatic rings. The molecule has 92 valence electrons. The molecule has 2 rings (SSSR count). The van der Waals surface area contributed by atoms with E-state index in [1.807, 2.05) is 31.2 Å². The molecule has 3 heteroatoms. The van der Waals surface area contributed by atoms with E-state index in [4.69, 9.17) is 11.6 Å². The zero-order chi connectivity index (χ0) is 13.1. The Bertz CT molecular complexity index is 593. The van der Waals surface area contributed by atoms with Gasteiger partial charge in [-0.1, -0.05) is 47.5 Å². The van der Waals surface area contributed by atoms with E-state index < -0.39 is 5.82 Å². The van der Waals surface area contributed by atoms with Crippen LogP contribution in [0.5, 0.6) is 0 Å². The van der Waals surface area contributed by atoms with Crippen molar-refractivity contribution < 1.29 is 9.18 Å². The highest BCUT2D eigenvalue weighted by molar-refractivity contribution is 6.31. The second kappa shape index (κ2) is 5.32. The van der Waals surface area contributed by atoms with Crippen molar-refractivity contribution in [2.24, 2.45) is 0 Å². The summed E-state index contributed by atoms with van der Waals surface area (Å²) < 4.78 is 13.7. The van der Waals surface area contributed by atoms with Crippen LogP contribution in [0, 0.1) is 12.7 Å². The average Bonchev–Trinajstić information content (AvgIpc) is 2.32. The van der Waals surface area contributed by atoms with Gasteiger partial charge in [-0.25, -0.2) is 4.39 Å². The van der Waals surface area contributed by atoms with Gasteiger partial charge in [0.15, 0.2) is 11.6 Å². The molecule has 2 aromatic rings. The van der Waals surface area contributed by atoms with Crippen molar-refractivity contribution in [2.45, 2.75) is 13.3 Å². The molecule has 0 amide bonds. The Morgan fingerprint density at radius 1 is 1.22 bits per heavy atom. The number of aryl methyl sites for hydroxylation is 1. The lowest BCUT2D eigenvalue weighted by atomic mass is 10.0. The molecule has 0 fully saturated rings. The lowest BCUT2D eigenvalue weighted by Gasteiger charge is -2.04. The third-order valence-corrected chi connectivity index (χ3v) is 2.99. The molecule has 0 aliphatic carbocycles. The van der Waals surface area contributed by atoms with Crippen LogP contribution >= 0.6 is 11.6 Å². The van der Waals surface area contributed by atoms with Gasteiger partial charge in [-0.15, -0.1) is 0 Å². The number of ketones is 1. The van der Waals surface area contributed by atoms with E-state index in [9.17, 15) is 9.18 Å².